The van der Waals surface area contributed by atoms with Crippen LogP contribution in [0.1, 0.15) is 6.92 Å². The van der Waals surface area contributed by atoms with Crippen LogP contribution in [0.2, 0.25) is 0 Å². The highest BCUT2D eigenvalue weighted by atomic mass is 19.2. The van der Waals surface area contributed by atoms with E-state index >= 15 is 0 Å². The summed E-state index contributed by atoms with van der Waals surface area (Å²) in [5, 5.41) is 0. The van der Waals surface area contributed by atoms with Crippen LogP contribution in [0.4, 0.5) is 8.78 Å². The highest BCUT2D eigenvalue weighted by Gasteiger charge is 2.33. The number of carbonyl (C=O) groups is 1. The maximum absolute atomic E-state index is 12.4. The predicted molar refractivity (Wildman–Crippen MR) is 32.0 cm³/mol. The number of carbonyl (C=O) groups excluding carboxylic acids is 1. The van der Waals surface area contributed by atoms with Gasteiger partial charge in [0, 0.05) is 6.92 Å². The lowest BCUT2D eigenvalue weighted by Crippen LogP contribution is -2.26. The zero-order valence-electron chi connectivity index (χ0n) is 5.68. The molecule has 1 saturated heterocycles. The molecule has 2 atom stereocenters. The zero-order valence-corrected chi connectivity index (χ0v) is 5.68. The maximum atomic E-state index is 12.4. The summed E-state index contributed by atoms with van der Waals surface area (Å²) in [5.41, 5.74) is 0. The molecule has 2 nitrogen and oxygen atoms in total. The van der Waals surface area contributed by atoms with Crippen LogP contribution in [0.25, 0.3) is 0 Å². The fourth-order valence-electron chi connectivity index (χ4n) is 0.981. The van der Waals surface area contributed by atoms with Gasteiger partial charge in [-0.15, -0.1) is 0 Å². The van der Waals surface area contributed by atoms with Gasteiger partial charge in [0.25, 0.3) is 0 Å². The summed E-state index contributed by atoms with van der Waals surface area (Å²) >= 11 is 0. The summed E-state index contributed by atoms with van der Waals surface area (Å²) in [7, 11) is 0. The van der Waals surface area contributed by atoms with E-state index in [1.807, 2.05) is 0 Å². The Kier molecular flexibility index (Phi) is 1.87. The molecule has 2 unspecified atom stereocenters. The second kappa shape index (κ2) is 2.52. The van der Waals surface area contributed by atoms with Crippen molar-refractivity contribution in [1.82, 2.24) is 4.90 Å². The first-order valence-electron chi connectivity index (χ1n) is 3.15. The molecule has 1 rings (SSSR count). The molecule has 0 aromatic carbocycles. The first-order valence-corrected chi connectivity index (χ1v) is 3.15. The third-order valence-electron chi connectivity index (χ3n) is 1.63. The quantitative estimate of drug-likeness (QED) is 0.491. The number of amides is 1. The highest BCUT2D eigenvalue weighted by molar-refractivity contribution is 5.73. The Morgan fingerprint density at radius 1 is 1.40 bits per heavy atom. The summed E-state index contributed by atoms with van der Waals surface area (Å²) < 4.78 is 24.7. The molecular formula is C6H9F2NO. The molecule has 4 heteroatoms. The molecule has 1 aliphatic rings. The normalized spacial score (nSPS) is 32.9. The minimum absolute atomic E-state index is 0.0868. The zero-order chi connectivity index (χ0) is 7.72. The summed E-state index contributed by atoms with van der Waals surface area (Å²) in [6.45, 7) is 1.14. The molecule has 0 radical (unpaired) electrons. The van der Waals surface area contributed by atoms with Gasteiger partial charge in [0.1, 0.15) is 0 Å². The van der Waals surface area contributed by atoms with E-state index in [9.17, 15) is 13.6 Å². The third kappa shape index (κ3) is 1.25. The molecule has 0 saturated carbocycles. The first kappa shape index (κ1) is 7.44. The highest BCUT2D eigenvalue weighted by Crippen LogP contribution is 2.15. The van der Waals surface area contributed by atoms with Crippen LogP contribution < -0.4 is 0 Å². The molecule has 1 amide bonds. The molecule has 10 heavy (non-hydrogen) atoms. The van der Waals surface area contributed by atoms with Crippen LogP contribution in [-0.4, -0.2) is 36.2 Å². The second-order valence-corrected chi connectivity index (χ2v) is 2.46. The van der Waals surface area contributed by atoms with Crippen LogP contribution in [0.15, 0.2) is 0 Å². The number of likely N-dealkylation sites (tertiary alicyclic amines) is 1. The van der Waals surface area contributed by atoms with Gasteiger partial charge in [-0.05, 0) is 0 Å². The van der Waals surface area contributed by atoms with Crippen LogP contribution in [0, 0.1) is 0 Å². The minimum atomic E-state index is -1.48. The number of nitrogens with zero attached hydrogens (tertiary/aromatic N) is 1. The Bertz CT molecular complexity index is 141. The van der Waals surface area contributed by atoms with E-state index in [4.69, 9.17) is 0 Å². The van der Waals surface area contributed by atoms with Gasteiger partial charge in [-0.1, -0.05) is 0 Å². The van der Waals surface area contributed by atoms with E-state index in [0.717, 1.165) is 0 Å². The number of hydrogen-bond acceptors (Lipinski definition) is 1. The lowest BCUT2D eigenvalue weighted by atomic mass is 10.3. The Morgan fingerprint density at radius 2 is 1.80 bits per heavy atom. The van der Waals surface area contributed by atoms with Crippen molar-refractivity contribution in [2.75, 3.05) is 13.1 Å². The first-order chi connectivity index (χ1) is 4.61. The molecule has 0 N–H and O–H groups in total. The summed E-state index contributed by atoms with van der Waals surface area (Å²) in [6.07, 6.45) is -2.97. The van der Waals surface area contributed by atoms with Crippen LogP contribution in [-0.2, 0) is 4.79 Å². The van der Waals surface area contributed by atoms with Crippen molar-refractivity contribution in [2.24, 2.45) is 0 Å². The van der Waals surface area contributed by atoms with E-state index in [1.165, 1.54) is 11.8 Å². The number of hydrogen-bond donors (Lipinski definition) is 0. The third-order valence-corrected chi connectivity index (χ3v) is 1.63. The van der Waals surface area contributed by atoms with Gasteiger partial charge in [-0.2, -0.15) is 0 Å². The Labute approximate surface area is 57.8 Å². The van der Waals surface area contributed by atoms with Crippen LogP contribution in [0.3, 0.4) is 0 Å². The SMILES string of the molecule is CC(=O)N1CC(F)C(F)C1. The van der Waals surface area contributed by atoms with E-state index < -0.39 is 12.3 Å². The largest absolute Gasteiger partial charge is 0.337 e. The van der Waals surface area contributed by atoms with Gasteiger partial charge in [-0.25, -0.2) is 8.78 Å². The van der Waals surface area contributed by atoms with Crippen LogP contribution >= 0.6 is 0 Å². The summed E-state index contributed by atoms with van der Waals surface area (Å²) in [5.74, 6) is -0.261. The van der Waals surface area contributed by atoms with Crippen molar-refractivity contribution in [3.05, 3.63) is 0 Å². The van der Waals surface area contributed by atoms with Crippen molar-refractivity contribution in [3.63, 3.8) is 0 Å². The Morgan fingerprint density at radius 3 is 2.00 bits per heavy atom. The maximum Gasteiger partial charge on any atom is 0.219 e. The molecule has 0 aromatic rings. The standard InChI is InChI=1S/C6H9F2NO/c1-4(10)9-2-5(7)6(8)3-9/h5-6H,2-3H2,1H3. The fourth-order valence-corrected chi connectivity index (χ4v) is 0.981. The number of halogens is 2. The molecule has 1 fully saturated rings. The Hall–Kier alpha value is -0.670. The van der Waals surface area contributed by atoms with E-state index in [1.54, 1.807) is 0 Å². The second-order valence-electron chi connectivity index (χ2n) is 2.46. The van der Waals surface area contributed by atoms with Crippen molar-refractivity contribution < 1.29 is 13.6 Å². The minimum Gasteiger partial charge on any atom is -0.337 e. The monoisotopic (exact) mass is 149 g/mol. The van der Waals surface area contributed by atoms with Crippen molar-refractivity contribution in [2.45, 2.75) is 19.3 Å². The summed E-state index contributed by atoms with van der Waals surface area (Å²) in [4.78, 5) is 11.7. The lowest BCUT2D eigenvalue weighted by molar-refractivity contribution is -0.128. The average Bonchev–Trinajstić information content (AvgIpc) is 2.13. The van der Waals surface area contributed by atoms with Gasteiger partial charge < -0.3 is 4.90 Å². The average molecular weight is 149 g/mol. The van der Waals surface area contributed by atoms with E-state index in [0.29, 0.717) is 0 Å². The Balaban J connectivity index is 2.49. The topological polar surface area (TPSA) is 20.3 Å². The van der Waals surface area contributed by atoms with E-state index in [-0.39, 0.29) is 19.0 Å². The van der Waals surface area contributed by atoms with Gasteiger partial charge in [-0.3, -0.25) is 4.79 Å². The summed E-state index contributed by atoms with van der Waals surface area (Å²) in [6, 6.07) is 0. The molecular weight excluding hydrogens is 140 g/mol. The van der Waals surface area contributed by atoms with Gasteiger partial charge in [0.2, 0.25) is 5.91 Å². The van der Waals surface area contributed by atoms with Crippen molar-refractivity contribution in [1.29, 1.82) is 0 Å². The molecule has 1 heterocycles. The van der Waals surface area contributed by atoms with Gasteiger partial charge in [0.05, 0.1) is 13.1 Å². The van der Waals surface area contributed by atoms with Gasteiger partial charge in [0.15, 0.2) is 12.3 Å². The smallest absolute Gasteiger partial charge is 0.219 e. The fraction of sp³-hybridized carbons (Fsp3) is 0.833. The molecule has 1 aliphatic heterocycles. The molecule has 0 bridgehead atoms. The predicted octanol–water partition coefficient (Wildman–Crippen LogP) is 0.525. The molecule has 0 aliphatic carbocycles. The number of rotatable bonds is 0. The van der Waals surface area contributed by atoms with Crippen molar-refractivity contribution >= 4 is 5.91 Å². The van der Waals surface area contributed by atoms with Crippen LogP contribution in [0.5, 0.6) is 0 Å². The molecule has 0 aromatic heterocycles. The lowest BCUT2D eigenvalue weighted by Gasteiger charge is -2.10. The number of alkyl halides is 2. The molecule has 58 valence electrons. The van der Waals surface area contributed by atoms with Gasteiger partial charge >= 0.3 is 0 Å². The van der Waals surface area contributed by atoms with Crippen molar-refractivity contribution in [3.8, 4) is 0 Å². The molecule has 0 spiro atoms. The van der Waals surface area contributed by atoms with E-state index in [2.05, 4.69) is 0 Å².